The Labute approximate surface area is 260 Å². The van der Waals surface area contributed by atoms with Gasteiger partial charge in [0.2, 0.25) is 5.91 Å². The molecular formula is C27H24Br2N10O3. The molecule has 0 saturated heterocycles. The van der Waals surface area contributed by atoms with E-state index in [9.17, 15) is 20.2 Å². The van der Waals surface area contributed by atoms with Crippen LogP contribution in [0.4, 0.5) is 23.1 Å². The molecule has 0 fully saturated rings. The van der Waals surface area contributed by atoms with E-state index < -0.39 is 10.8 Å². The maximum atomic E-state index is 12.7. The Kier molecular flexibility index (Phi) is 10.1. The molecule has 15 heteroatoms. The molecule has 0 radical (unpaired) electrons. The molecule has 0 unspecified atom stereocenters. The van der Waals surface area contributed by atoms with Crippen molar-refractivity contribution in [2.75, 3.05) is 31.3 Å². The molecule has 1 amide bonds. The van der Waals surface area contributed by atoms with Gasteiger partial charge in [-0.3, -0.25) is 9.36 Å². The maximum Gasteiger partial charge on any atom is 0.392 e. The average Bonchev–Trinajstić information content (AvgIpc) is 3.24. The van der Waals surface area contributed by atoms with Crippen LogP contribution in [0.3, 0.4) is 0 Å². The Morgan fingerprint density at radius 2 is 2.05 bits per heavy atom. The van der Waals surface area contributed by atoms with Crippen molar-refractivity contribution < 1.29 is 31.2 Å². The van der Waals surface area contributed by atoms with Gasteiger partial charge in [-0.25, -0.2) is 15.0 Å². The van der Waals surface area contributed by atoms with E-state index in [4.69, 9.17) is 6.42 Å². The summed E-state index contributed by atoms with van der Waals surface area (Å²) >= 11 is 3.42. The summed E-state index contributed by atoms with van der Waals surface area (Å²) in [5.41, 5.74) is 2.31. The van der Waals surface area contributed by atoms with Crippen molar-refractivity contribution in [3.05, 3.63) is 80.6 Å². The Balaban J connectivity index is 0.00000484. The molecule has 42 heavy (non-hydrogen) atoms. The molecule has 3 aromatic heterocycles. The second-order valence-corrected chi connectivity index (χ2v) is 10.4. The van der Waals surface area contributed by atoms with Gasteiger partial charge in [-0.05, 0) is 56.2 Å². The van der Waals surface area contributed by atoms with E-state index in [0.29, 0.717) is 40.3 Å². The van der Waals surface area contributed by atoms with E-state index in [-0.39, 0.29) is 39.7 Å². The molecule has 0 atom stereocenters. The zero-order chi connectivity index (χ0) is 29.7. The normalized spacial score (nSPS) is 11.0. The molecule has 0 saturated carbocycles. The summed E-state index contributed by atoms with van der Waals surface area (Å²) in [7, 11) is 5.26. The minimum Gasteiger partial charge on any atom is -1.00 e. The van der Waals surface area contributed by atoms with Crippen molar-refractivity contribution in [1.82, 2.24) is 24.5 Å². The summed E-state index contributed by atoms with van der Waals surface area (Å²) in [6.07, 6.45) is 11.5. The number of benzene rings is 1. The van der Waals surface area contributed by atoms with E-state index in [1.54, 1.807) is 19.2 Å². The van der Waals surface area contributed by atoms with E-state index in [2.05, 4.69) is 52.4 Å². The van der Waals surface area contributed by atoms with Crippen LogP contribution >= 0.6 is 15.9 Å². The van der Waals surface area contributed by atoms with Gasteiger partial charge in [-0.1, -0.05) is 5.92 Å². The SMILES string of the molecule is C#Cc1cc(Nc2ncnc3cnc(NC(=O)/C=C/C[N+](C)(C)Cc4c([N+](=O)[O-])nc(C#N)n4C)cc23)ccc1Br.[Br-]. The van der Waals surface area contributed by atoms with Crippen LogP contribution in [0.5, 0.6) is 0 Å². The Morgan fingerprint density at radius 3 is 2.74 bits per heavy atom. The lowest BCUT2D eigenvalue weighted by Gasteiger charge is -2.28. The topological polar surface area (TPSA) is 165 Å². The zero-order valence-corrected chi connectivity index (χ0v) is 25.8. The van der Waals surface area contributed by atoms with Crippen molar-refractivity contribution in [1.29, 1.82) is 5.26 Å². The van der Waals surface area contributed by atoms with E-state index >= 15 is 0 Å². The third kappa shape index (κ3) is 7.32. The van der Waals surface area contributed by atoms with Gasteiger partial charge >= 0.3 is 11.6 Å². The Bertz CT molecular complexity index is 1790. The number of hydrogen-bond acceptors (Lipinski definition) is 9. The van der Waals surface area contributed by atoms with Crippen molar-refractivity contribution in [2.24, 2.45) is 7.05 Å². The monoisotopic (exact) mass is 694 g/mol. The lowest BCUT2D eigenvalue weighted by Crippen LogP contribution is -3.00. The number of imidazole rings is 1. The number of carbonyl (C=O) groups is 1. The third-order valence-electron chi connectivity index (χ3n) is 6.07. The highest BCUT2D eigenvalue weighted by atomic mass is 79.9. The van der Waals surface area contributed by atoms with Crippen LogP contribution in [0, 0.1) is 33.8 Å². The van der Waals surface area contributed by atoms with Gasteiger partial charge in [0, 0.05) is 34.2 Å². The first kappa shape index (κ1) is 31.8. The summed E-state index contributed by atoms with van der Waals surface area (Å²) in [4.78, 5) is 40.1. The number of anilines is 3. The number of nitrogens with one attached hydrogen (secondary N) is 2. The molecule has 1 aromatic carbocycles. The molecule has 3 heterocycles. The number of aromatic nitrogens is 5. The molecule has 0 aliphatic carbocycles. The van der Waals surface area contributed by atoms with Gasteiger partial charge < -0.3 is 42.2 Å². The fourth-order valence-electron chi connectivity index (χ4n) is 4.00. The fraction of sp³-hybridized carbons (Fsp3) is 0.185. The lowest BCUT2D eigenvalue weighted by atomic mass is 10.2. The third-order valence-corrected chi connectivity index (χ3v) is 6.76. The lowest BCUT2D eigenvalue weighted by molar-refractivity contribution is -0.898. The van der Waals surface area contributed by atoms with Crippen LogP contribution in [0.1, 0.15) is 17.1 Å². The van der Waals surface area contributed by atoms with Gasteiger partial charge in [0.05, 0.1) is 32.4 Å². The molecule has 0 spiro atoms. The van der Waals surface area contributed by atoms with Crippen LogP contribution in [0.25, 0.3) is 10.9 Å². The number of pyridine rings is 1. The van der Waals surface area contributed by atoms with Gasteiger partial charge in [-0.2, -0.15) is 5.26 Å². The minimum atomic E-state index is -0.602. The number of nitro groups is 1. The van der Waals surface area contributed by atoms with E-state index in [1.807, 2.05) is 38.4 Å². The average molecular weight is 696 g/mol. The molecule has 4 rings (SSSR count). The number of rotatable bonds is 9. The molecule has 0 aliphatic rings. The number of terminal acetylenes is 1. The predicted octanol–water partition coefficient (Wildman–Crippen LogP) is 0.801. The first-order chi connectivity index (χ1) is 19.5. The highest BCUT2D eigenvalue weighted by Crippen LogP contribution is 2.27. The summed E-state index contributed by atoms with van der Waals surface area (Å²) in [6.45, 7) is 0.591. The second-order valence-electron chi connectivity index (χ2n) is 9.57. The number of carbonyl (C=O) groups excluding carboxylic acids is 1. The number of hydrogen-bond donors (Lipinski definition) is 2. The number of nitriles is 1. The quantitative estimate of drug-likeness (QED) is 0.0848. The molecule has 13 nitrogen and oxygen atoms in total. The standard InChI is InChI=1S/C27H23BrN10O3.BrH/c1-5-17-11-18(8-9-20(17)28)33-26-19-12-23(30-14-21(19)31-16-32-26)34-25(39)7-6-10-38(3,4)15-22-27(37(40)41)35-24(13-29)36(22)2;/h1,6-9,11-12,14,16H,10,15H2,2-4H3,(H-,30,31,32,33,34,39);1H/b7-6+;. The largest absolute Gasteiger partial charge is 1.00 e. The van der Waals surface area contributed by atoms with Crippen molar-refractivity contribution in [2.45, 2.75) is 6.54 Å². The Hall–Kier alpha value is -4.70. The summed E-state index contributed by atoms with van der Waals surface area (Å²) < 4.78 is 2.49. The number of halogens is 2. The minimum absolute atomic E-state index is 0. The molecule has 214 valence electrons. The number of quaternary nitrogens is 1. The van der Waals surface area contributed by atoms with E-state index in [0.717, 1.165) is 10.2 Å². The number of likely N-dealkylation sites (N-methyl/N-ethyl adjacent to an activating group) is 1. The highest BCUT2D eigenvalue weighted by molar-refractivity contribution is 9.10. The number of nitrogens with zero attached hydrogens (tertiary/aromatic N) is 8. The number of amides is 1. The van der Waals surface area contributed by atoms with Crippen LogP contribution in [-0.2, 0) is 18.4 Å². The van der Waals surface area contributed by atoms with Gasteiger partial charge in [-0.15, -0.1) is 6.42 Å². The predicted molar refractivity (Wildman–Crippen MR) is 156 cm³/mol. The van der Waals surface area contributed by atoms with Crippen molar-refractivity contribution >= 4 is 55.9 Å². The first-order valence-electron chi connectivity index (χ1n) is 12.0. The fourth-order valence-corrected chi connectivity index (χ4v) is 4.36. The van der Waals surface area contributed by atoms with Gasteiger partial charge in [0.1, 0.15) is 24.5 Å². The Morgan fingerprint density at radius 1 is 1.29 bits per heavy atom. The molecule has 0 aliphatic heterocycles. The van der Waals surface area contributed by atoms with Crippen molar-refractivity contribution in [3.8, 4) is 18.4 Å². The van der Waals surface area contributed by atoms with Crippen LogP contribution in [-0.4, -0.2) is 60.5 Å². The van der Waals surface area contributed by atoms with E-state index in [1.165, 1.54) is 23.2 Å². The summed E-state index contributed by atoms with van der Waals surface area (Å²) in [5, 5.41) is 27.2. The molecule has 0 bridgehead atoms. The zero-order valence-electron chi connectivity index (χ0n) is 22.7. The smallest absolute Gasteiger partial charge is 0.392 e. The van der Waals surface area contributed by atoms with Crippen molar-refractivity contribution in [3.63, 3.8) is 0 Å². The van der Waals surface area contributed by atoms with Gasteiger partial charge in [0.25, 0.3) is 0 Å². The second kappa shape index (κ2) is 13.3. The van der Waals surface area contributed by atoms with Gasteiger partial charge in [0.15, 0.2) is 11.8 Å². The van der Waals surface area contributed by atoms with Crippen LogP contribution < -0.4 is 27.6 Å². The summed E-state index contributed by atoms with van der Waals surface area (Å²) in [6, 6.07) is 9.02. The molecule has 4 aromatic rings. The summed E-state index contributed by atoms with van der Waals surface area (Å²) in [5.74, 6) is 2.62. The molecular weight excluding hydrogens is 672 g/mol. The highest BCUT2D eigenvalue weighted by Gasteiger charge is 2.30. The van der Waals surface area contributed by atoms with Crippen LogP contribution in [0.15, 0.2) is 53.4 Å². The van der Waals surface area contributed by atoms with Crippen LogP contribution in [0.2, 0.25) is 0 Å². The maximum absolute atomic E-state index is 12.7. The first-order valence-corrected chi connectivity index (χ1v) is 12.8. The number of fused-ring (bicyclic) bond motifs is 1. The molecule has 2 N–H and O–H groups in total.